The maximum atomic E-state index is 13.1. The van der Waals surface area contributed by atoms with E-state index in [0.717, 1.165) is 30.0 Å². The summed E-state index contributed by atoms with van der Waals surface area (Å²) in [6.45, 7) is 6.75. The summed E-state index contributed by atoms with van der Waals surface area (Å²) in [6.07, 6.45) is 0.842. The molecular weight excluding hydrogens is 434 g/mol. The average molecular weight is 464 g/mol. The summed E-state index contributed by atoms with van der Waals surface area (Å²) in [7, 11) is 0. The minimum atomic E-state index is -0.0846. The molecule has 3 heterocycles. The highest BCUT2D eigenvalue weighted by Gasteiger charge is 2.26. The number of carbonyl (C=O) groups is 2. The van der Waals surface area contributed by atoms with Gasteiger partial charge in [-0.1, -0.05) is 36.4 Å². The number of benzene rings is 1. The Labute approximate surface area is 198 Å². The van der Waals surface area contributed by atoms with E-state index in [1.54, 1.807) is 11.0 Å². The van der Waals surface area contributed by atoms with Gasteiger partial charge < -0.3 is 14.7 Å². The summed E-state index contributed by atoms with van der Waals surface area (Å²) in [5, 5.41) is 10.7. The van der Waals surface area contributed by atoms with Gasteiger partial charge in [0.15, 0.2) is 5.82 Å². The Hall–Kier alpha value is -3.26. The van der Waals surface area contributed by atoms with E-state index in [-0.39, 0.29) is 24.4 Å². The van der Waals surface area contributed by atoms with Crippen molar-refractivity contribution >= 4 is 29.0 Å². The van der Waals surface area contributed by atoms with E-state index in [4.69, 9.17) is 0 Å². The van der Waals surface area contributed by atoms with Crippen molar-refractivity contribution in [2.24, 2.45) is 0 Å². The summed E-state index contributed by atoms with van der Waals surface area (Å²) in [5.41, 5.74) is 1.88. The van der Waals surface area contributed by atoms with Crippen molar-refractivity contribution < 1.29 is 9.59 Å². The third kappa shape index (κ3) is 5.57. The van der Waals surface area contributed by atoms with Gasteiger partial charge in [0.25, 0.3) is 5.91 Å². The lowest BCUT2D eigenvalue weighted by atomic mass is 10.1. The molecule has 1 aliphatic heterocycles. The van der Waals surface area contributed by atoms with Gasteiger partial charge >= 0.3 is 0 Å². The standard InChI is InChI=1S/C25H29N5O2S/c1-19(2)30(25(32)22-10-6-17-33-22)18-24(31)29-14-7-13-28(15-16-29)23-12-11-21(26-27-23)20-8-4-3-5-9-20/h3-6,8-12,17,19H,7,13-16,18H2,1-2H3. The molecule has 7 nitrogen and oxygen atoms in total. The lowest BCUT2D eigenvalue weighted by Gasteiger charge is -2.29. The number of carbonyl (C=O) groups excluding carboxylic acids is 2. The molecule has 0 N–H and O–H groups in total. The molecular formula is C25H29N5O2S. The van der Waals surface area contributed by atoms with Crippen LogP contribution in [0.15, 0.2) is 60.0 Å². The van der Waals surface area contributed by atoms with Crippen LogP contribution in [0.3, 0.4) is 0 Å². The van der Waals surface area contributed by atoms with Gasteiger partial charge in [-0.15, -0.1) is 21.5 Å². The first kappa shape index (κ1) is 22.9. The summed E-state index contributed by atoms with van der Waals surface area (Å²) in [5.74, 6) is 0.722. The molecule has 0 aliphatic carbocycles. The van der Waals surface area contributed by atoms with Crippen molar-refractivity contribution in [2.45, 2.75) is 26.3 Å². The molecule has 0 atom stereocenters. The molecule has 0 radical (unpaired) electrons. The predicted octanol–water partition coefficient (Wildman–Crippen LogP) is 3.79. The number of thiophene rings is 1. The van der Waals surface area contributed by atoms with Crippen LogP contribution in [-0.2, 0) is 4.79 Å². The zero-order valence-electron chi connectivity index (χ0n) is 19.1. The van der Waals surface area contributed by atoms with E-state index >= 15 is 0 Å². The topological polar surface area (TPSA) is 69.6 Å². The zero-order chi connectivity index (χ0) is 23.2. The molecule has 172 valence electrons. The highest BCUT2D eigenvalue weighted by molar-refractivity contribution is 7.12. The second-order valence-electron chi connectivity index (χ2n) is 8.37. The number of anilines is 1. The van der Waals surface area contributed by atoms with Gasteiger partial charge in [0, 0.05) is 37.8 Å². The fourth-order valence-corrected chi connectivity index (χ4v) is 4.61. The first-order valence-corrected chi connectivity index (χ1v) is 12.2. The van der Waals surface area contributed by atoms with Crippen molar-refractivity contribution in [1.82, 2.24) is 20.0 Å². The largest absolute Gasteiger partial charge is 0.353 e. The van der Waals surface area contributed by atoms with Crippen LogP contribution >= 0.6 is 11.3 Å². The summed E-state index contributed by atoms with van der Waals surface area (Å²) in [6, 6.07) is 17.6. The van der Waals surface area contributed by atoms with Gasteiger partial charge in [-0.2, -0.15) is 0 Å². The number of hydrogen-bond acceptors (Lipinski definition) is 6. The van der Waals surface area contributed by atoms with Crippen molar-refractivity contribution in [1.29, 1.82) is 0 Å². The quantitative estimate of drug-likeness (QED) is 0.556. The van der Waals surface area contributed by atoms with Crippen LogP contribution in [0.25, 0.3) is 11.3 Å². The van der Waals surface area contributed by atoms with Crippen LogP contribution in [0.4, 0.5) is 5.82 Å². The average Bonchev–Trinajstić information content (AvgIpc) is 3.27. The van der Waals surface area contributed by atoms with E-state index in [0.29, 0.717) is 24.5 Å². The van der Waals surface area contributed by atoms with Crippen LogP contribution in [-0.4, -0.2) is 70.6 Å². The zero-order valence-corrected chi connectivity index (χ0v) is 19.9. The van der Waals surface area contributed by atoms with E-state index < -0.39 is 0 Å². The molecule has 1 saturated heterocycles. The molecule has 2 aromatic heterocycles. The molecule has 0 unspecified atom stereocenters. The second-order valence-corrected chi connectivity index (χ2v) is 9.32. The van der Waals surface area contributed by atoms with Gasteiger partial charge in [0.2, 0.25) is 5.91 Å². The van der Waals surface area contributed by atoms with Crippen molar-refractivity contribution in [3.05, 3.63) is 64.9 Å². The Morgan fingerprint density at radius 2 is 1.79 bits per heavy atom. The molecule has 3 aromatic rings. The lowest BCUT2D eigenvalue weighted by Crippen LogP contribution is -2.46. The van der Waals surface area contributed by atoms with Crippen LogP contribution < -0.4 is 4.90 Å². The van der Waals surface area contributed by atoms with Gasteiger partial charge in [0.1, 0.15) is 6.54 Å². The number of nitrogens with zero attached hydrogens (tertiary/aromatic N) is 5. The van der Waals surface area contributed by atoms with E-state index in [9.17, 15) is 9.59 Å². The smallest absolute Gasteiger partial charge is 0.264 e. The van der Waals surface area contributed by atoms with E-state index in [1.807, 2.05) is 72.7 Å². The third-order valence-corrected chi connectivity index (χ3v) is 6.67. The van der Waals surface area contributed by atoms with Gasteiger partial charge in [0.05, 0.1) is 10.6 Å². The minimum Gasteiger partial charge on any atom is -0.353 e. The van der Waals surface area contributed by atoms with Crippen LogP contribution in [0.1, 0.15) is 29.9 Å². The maximum absolute atomic E-state index is 13.1. The highest BCUT2D eigenvalue weighted by atomic mass is 32.1. The molecule has 33 heavy (non-hydrogen) atoms. The SMILES string of the molecule is CC(C)N(CC(=O)N1CCCN(c2ccc(-c3ccccc3)nn2)CC1)C(=O)c1cccs1. The van der Waals surface area contributed by atoms with Gasteiger partial charge in [-0.05, 0) is 43.8 Å². The van der Waals surface area contributed by atoms with E-state index in [1.165, 1.54) is 11.3 Å². The summed E-state index contributed by atoms with van der Waals surface area (Å²) in [4.78, 5) is 32.3. The maximum Gasteiger partial charge on any atom is 0.264 e. The number of rotatable bonds is 6. The van der Waals surface area contributed by atoms with Crippen LogP contribution in [0.2, 0.25) is 0 Å². The molecule has 2 amide bonds. The Balaban J connectivity index is 1.37. The molecule has 0 bridgehead atoms. The summed E-state index contributed by atoms with van der Waals surface area (Å²) < 4.78 is 0. The molecule has 1 fully saturated rings. The third-order valence-electron chi connectivity index (χ3n) is 5.81. The summed E-state index contributed by atoms with van der Waals surface area (Å²) >= 11 is 1.40. The number of amides is 2. The number of hydrogen-bond donors (Lipinski definition) is 0. The molecule has 4 rings (SSSR count). The fraction of sp³-hybridized carbons (Fsp3) is 0.360. The first-order chi connectivity index (χ1) is 16.0. The highest BCUT2D eigenvalue weighted by Crippen LogP contribution is 2.20. The molecule has 8 heteroatoms. The monoisotopic (exact) mass is 463 g/mol. The lowest BCUT2D eigenvalue weighted by molar-refractivity contribution is -0.132. The van der Waals surface area contributed by atoms with Crippen molar-refractivity contribution in [3.8, 4) is 11.3 Å². The van der Waals surface area contributed by atoms with Crippen molar-refractivity contribution in [2.75, 3.05) is 37.6 Å². The number of aromatic nitrogens is 2. The van der Waals surface area contributed by atoms with Gasteiger partial charge in [-0.3, -0.25) is 9.59 Å². The van der Waals surface area contributed by atoms with Crippen LogP contribution in [0.5, 0.6) is 0 Å². The van der Waals surface area contributed by atoms with Crippen molar-refractivity contribution in [3.63, 3.8) is 0 Å². The fourth-order valence-electron chi connectivity index (χ4n) is 3.93. The molecule has 0 spiro atoms. The Morgan fingerprint density at radius 1 is 0.970 bits per heavy atom. The molecule has 0 saturated carbocycles. The van der Waals surface area contributed by atoms with E-state index in [2.05, 4.69) is 15.1 Å². The normalized spacial score (nSPS) is 14.3. The van der Waals surface area contributed by atoms with Gasteiger partial charge in [-0.25, -0.2) is 0 Å². The minimum absolute atomic E-state index is 0.0130. The predicted molar refractivity (Wildman–Crippen MR) is 131 cm³/mol. The first-order valence-electron chi connectivity index (χ1n) is 11.3. The second kappa shape index (κ2) is 10.6. The van der Waals surface area contributed by atoms with Crippen LogP contribution in [0, 0.1) is 0 Å². The Kier molecular flexibility index (Phi) is 7.34. The molecule has 1 aliphatic rings. The molecule has 1 aromatic carbocycles. The Bertz CT molecular complexity index is 1050. The Morgan fingerprint density at radius 3 is 2.45 bits per heavy atom.